The SMILES string of the molecule is N#Cc1cc(CBr)nc(C(F)F)c1. The normalized spacial score (nSPS) is 10.1. The number of hydrogen-bond donors (Lipinski definition) is 0. The molecule has 0 spiro atoms. The predicted molar refractivity (Wildman–Crippen MR) is 46.5 cm³/mol. The molecular weight excluding hydrogens is 242 g/mol. The minimum absolute atomic E-state index is 0.208. The van der Waals surface area contributed by atoms with Crippen LogP contribution in [0.15, 0.2) is 12.1 Å². The molecule has 5 heteroatoms. The first kappa shape index (κ1) is 10.1. The number of hydrogen-bond acceptors (Lipinski definition) is 2. The highest BCUT2D eigenvalue weighted by Crippen LogP contribution is 2.18. The molecule has 13 heavy (non-hydrogen) atoms. The summed E-state index contributed by atoms with van der Waals surface area (Å²) in [6.07, 6.45) is -2.63. The molecule has 0 aliphatic rings. The summed E-state index contributed by atoms with van der Waals surface area (Å²) in [5.41, 5.74) is 0.294. The van der Waals surface area contributed by atoms with Gasteiger partial charge in [0.1, 0.15) is 5.69 Å². The van der Waals surface area contributed by atoms with Crippen LogP contribution >= 0.6 is 15.9 Å². The highest BCUT2D eigenvalue weighted by Gasteiger charge is 2.10. The Morgan fingerprint density at radius 2 is 2.23 bits per heavy atom. The van der Waals surface area contributed by atoms with Crippen LogP contribution in [0.1, 0.15) is 23.4 Å². The van der Waals surface area contributed by atoms with E-state index in [4.69, 9.17) is 5.26 Å². The van der Waals surface area contributed by atoms with E-state index >= 15 is 0 Å². The Labute approximate surface area is 82.3 Å². The number of nitrogens with zero attached hydrogens (tertiary/aromatic N) is 2. The molecule has 0 atom stereocenters. The fourth-order valence-electron chi connectivity index (χ4n) is 0.856. The molecule has 0 aromatic carbocycles. The maximum atomic E-state index is 12.2. The molecule has 0 aliphatic carbocycles. The lowest BCUT2D eigenvalue weighted by molar-refractivity contribution is 0.146. The van der Waals surface area contributed by atoms with Crippen molar-refractivity contribution in [2.24, 2.45) is 0 Å². The third-order valence-electron chi connectivity index (χ3n) is 1.39. The Morgan fingerprint density at radius 3 is 2.69 bits per heavy atom. The van der Waals surface area contributed by atoms with Crippen molar-refractivity contribution in [3.8, 4) is 6.07 Å². The van der Waals surface area contributed by atoms with Crippen molar-refractivity contribution in [2.75, 3.05) is 0 Å². The van der Waals surface area contributed by atoms with Crippen molar-refractivity contribution in [1.82, 2.24) is 4.98 Å². The first-order valence-electron chi connectivity index (χ1n) is 3.42. The first-order chi connectivity index (χ1) is 6.17. The standard InChI is InChI=1S/C8H5BrF2N2/c9-3-6-1-5(4-12)2-7(13-6)8(10)11/h1-2,8H,3H2. The maximum absolute atomic E-state index is 12.2. The lowest BCUT2D eigenvalue weighted by Crippen LogP contribution is -1.95. The van der Waals surface area contributed by atoms with E-state index in [1.54, 1.807) is 6.07 Å². The van der Waals surface area contributed by atoms with Gasteiger partial charge in [0.15, 0.2) is 0 Å². The molecule has 0 N–H and O–H groups in total. The summed E-state index contributed by atoms with van der Waals surface area (Å²) >= 11 is 3.09. The van der Waals surface area contributed by atoms with Gasteiger partial charge in [-0.15, -0.1) is 0 Å². The van der Waals surface area contributed by atoms with Gasteiger partial charge < -0.3 is 0 Å². The van der Waals surface area contributed by atoms with Crippen LogP contribution < -0.4 is 0 Å². The van der Waals surface area contributed by atoms with E-state index < -0.39 is 6.43 Å². The zero-order chi connectivity index (χ0) is 9.84. The summed E-state index contributed by atoms with van der Waals surface area (Å²) in [5, 5.41) is 8.89. The van der Waals surface area contributed by atoms with Gasteiger partial charge in [-0.05, 0) is 12.1 Å². The van der Waals surface area contributed by atoms with Gasteiger partial charge in [-0.1, -0.05) is 15.9 Å². The van der Waals surface area contributed by atoms with Crippen LogP contribution in [0.25, 0.3) is 0 Å². The molecule has 0 saturated carbocycles. The molecule has 0 radical (unpaired) electrons. The van der Waals surface area contributed by atoms with E-state index in [1.165, 1.54) is 6.07 Å². The molecule has 68 valence electrons. The molecule has 1 rings (SSSR count). The third-order valence-corrected chi connectivity index (χ3v) is 1.96. The van der Waals surface area contributed by atoms with Gasteiger partial charge in [-0.2, -0.15) is 5.26 Å². The minimum atomic E-state index is -2.63. The van der Waals surface area contributed by atoms with Crippen LogP contribution in [-0.4, -0.2) is 4.98 Å². The van der Waals surface area contributed by atoms with E-state index in [0.29, 0.717) is 11.0 Å². The third kappa shape index (κ3) is 2.46. The molecule has 0 fully saturated rings. The molecule has 0 unspecified atom stereocenters. The fraction of sp³-hybridized carbons (Fsp3) is 0.250. The molecule has 0 saturated heterocycles. The molecule has 1 aromatic heterocycles. The van der Waals surface area contributed by atoms with Crippen molar-refractivity contribution >= 4 is 15.9 Å². The number of halogens is 3. The second kappa shape index (κ2) is 4.28. The van der Waals surface area contributed by atoms with Gasteiger partial charge in [0.2, 0.25) is 0 Å². The average molecular weight is 247 g/mol. The Bertz CT molecular complexity index is 346. The monoisotopic (exact) mass is 246 g/mol. The Morgan fingerprint density at radius 1 is 1.54 bits per heavy atom. The number of alkyl halides is 3. The summed E-state index contributed by atoms with van der Waals surface area (Å²) in [4.78, 5) is 3.65. The highest BCUT2D eigenvalue weighted by atomic mass is 79.9. The topological polar surface area (TPSA) is 36.7 Å². The highest BCUT2D eigenvalue weighted by molar-refractivity contribution is 9.08. The summed E-state index contributed by atoms with van der Waals surface area (Å²) in [5.74, 6) is 0. The number of pyridine rings is 1. The number of nitriles is 1. The average Bonchev–Trinajstić information content (AvgIpc) is 2.16. The molecular formula is C8H5BrF2N2. The quantitative estimate of drug-likeness (QED) is 0.753. The molecule has 0 bridgehead atoms. The fourth-order valence-corrected chi connectivity index (χ4v) is 1.14. The Kier molecular flexibility index (Phi) is 3.32. The van der Waals surface area contributed by atoms with Crippen LogP contribution in [0.4, 0.5) is 8.78 Å². The molecule has 0 amide bonds. The molecule has 1 aromatic rings. The maximum Gasteiger partial charge on any atom is 0.280 e. The lowest BCUT2D eigenvalue weighted by atomic mass is 10.2. The van der Waals surface area contributed by atoms with E-state index in [2.05, 4.69) is 20.9 Å². The zero-order valence-corrected chi connectivity index (χ0v) is 8.05. The van der Waals surface area contributed by atoms with E-state index in [-0.39, 0.29) is 11.3 Å². The second-order valence-electron chi connectivity index (χ2n) is 2.32. The smallest absolute Gasteiger partial charge is 0.251 e. The van der Waals surface area contributed by atoms with Crippen LogP contribution in [0.2, 0.25) is 0 Å². The van der Waals surface area contributed by atoms with Gasteiger partial charge in [0.05, 0.1) is 17.3 Å². The van der Waals surface area contributed by atoms with E-state index in [0.717, 1.165) is 6.07 Å². The Hall–Kier alpha value is -1.02. The lowest BCUT2D eigenvalue weighted by Gasteiger charge is -2.01. The van der Waals surface area contributed by atoms with Crippen molar-refractivity contribution in [2.45, 2.75) is 11.8 Å². The van der Waals surface area contributed by atoms with Crippen molar-refractivity contribution in [1.29, 1.82) is 5.26 Å². The van der Waals surface area contributed by atoms with Crippen molar-refractivity contribution < 1.29 is 8.78 Å². The van der Waals surface area contributed by atoms with Crippen LogP contribution in [0, 0.1) is 11.3 Å². The molecule has 2 nitrogen and oxygen atoms in total. The first-order valence-corrected chi connectivity index (χ1v) is 4.54. The Balaban J connectivity index is 3.17. The van der Waals surface area contributed by atoms with Gasteiger partial charge in [-0.3, -0.25) is 4.98 Å². The van der Waals surface area contributed by atoms with Gasteiger partial charge >= 0.3 is 0 Å². The van der Waals surface area contributed by atoms with Crippen LogP contribution in [0.3, 0.4) is 0 Å². The summed E-state index contributed by atoms with van der Waals surface area (Å²) in [6.45, 7) is 0. The van der Waals surface area contributed by atoms with Crippen molar-refractivity contribution in [3.63, 3.8) is 0 Å². The van der Waals surface area contributed by atoms with E-state index in [9.17, 15) is 8.78 Å². The number of rotatable bonds is 2. The second-order valence-corrected chi connectivity index (χ2v) is 2.88. The molecule has 1 heterocycles. The summed E-state index contributed by atoms with van der Waals surface area (Å²) < 4.78 is 24.4. The van der Waals surface area contributed by atoms with Crippen LogP contribution in [-0.2, 0) is 5.33 Å². The summed E-state index contributed by atoms with van der Waals surface area (Å²) in [7, 11) is 0. The molecule has 0 aliphatic heterocycles. The van der Waals surface area contributed by atoms with Crippen LogP contribution in [0.5, 0.6) is 0 Å². The number of aromatic nitrogens is 1. The van der Waals surface area contributed by atoms with E-state index in [1.807, 2.05) is 0 Å². The van der Waals surface area contributed by atoms with Crippen molar-refractivity contribution in [3.05, 3.63) is 29.1 Å². The zero-order valence-electron chi connectivity index (χ0n) is 6.47. The minimum Gasteiger partial charge on any atom is -0.251 e. The van der Waals surface area contributed by atoms with Gasteiger partial charge in [0, 0.05) is 5.33 Å². The van der Waals surface area contributed by atoms with Gasteiger partial charge in [-0.25, -0.2) is 8.78 Å². The predicted octanol–water partition coefficient (Wildman–Crippen LogP) is 2.79. The summed E-state index contributed by atoms with van der Waals surface area (Å²) in [6, 6.07) is 4.37. The van der Waals surface area contributed by atoms with Gasteiger partial charge in [0.25, 0.3) is 6.43 Å². The largest absolute Gasteiger partial charge is 0.280 e.